The molecule has 86 valence electrons. The molecule has 1 fully saturated rings. The second-order valence-corrected chi connectivity index (χ2v) is 4.57. The standard InChI is InChI=1S/C14H13NO2/c1-8(16)12-10-4-2-3-5-11(10)15-13(14(12)17)9-6-7-9/h2-5,9,17H,6-7H2,1H3. The Hall–Kier alpha value is -1.90. The average molecular weight is 227 g/mol. The molecule has 3 rings (SSSR count). The molecular formula is C14H13NO2. The van der Waals surface area contributed by atoms with Crippen LogP contribution in [0.1, 0.15) is 41.7 Å². The van der Waals surface area contributed by atoms with Gasteiger partial charge in [-0.2, -0.15) is 0 Å². The summed E-state index contributed by atoms with van der Waals surface area (Å²) in [6.45, 7) is 1.48. The summed E-state index contributed by atoms with van der Waals surface area (Å²) < 4.78 is 0. The number of carbonyl (C=O) groups is 1. The van der Waals surface area contributed by atoms with Crippen molar-refractivity contribution in [3.05, 3.63) is 35.5 Å². The summed E-state index contributed by atoms with van der Waals surface area (Å²) in [5, 5.41) is 10.9. The maximum atomic E-state index is 11.7. The lowest BCUT2D eigenvalue weighted by atomic mass is 10.0. The van der Waals surface area contributed by atoms with Crippen LogP contribution in [0.4, 0.5) is 0 Å². The lowest BCUT2D eigenvalue weighted by Gasteiger charge is -2.10. The molecule has 1 N–H and O–H groups in total. The van der Waals surface area contributed by atoms with Crippen LogP contribution >= 0.6 is 0 Å². The number of ketones is 1. The van der Waals surface area contributed by atoms with Crippen LogP contribution in [0.2, 0.25) is 0 Å². The van der Waals surface area contributed by atoms with Crippen LogP contribution in [0.25, 0.3) is 10.9 Å². The fourth-order valence-electron chi connectivity index (χ4n) is 2.22. The van der Waals surface area contributed by atoms with E-state index in [1.165, 1.54) is 6.92 Å². The van der Waals surface area contributed by atoms with Crippen LogP contribution in [0.15, 0.2) is 24.3 Å². The van der Waals surface area contributed by atoms with Crippen LogP contribution in [0.3, 0.4) is 0 Å². The van der Waals surface area contributed by atoms with Gasteiger partial charge >= 0.3 is 0 Å². The third kappa shape index (κ3) is 1.58. The first-order valence-electron chi connectivity index (χ1n) is 5.81. The van der Waals surface area contributed by atoms with Gasteiger partial charge in [-0.1, -0.05) is 18.2 Å². The van der Waals surface area contributed by atoms with Gasteiger partial charge in [0.25, 0.3) is 0 Å². The minimum atomic E-state index is -0.108. The number of rotatable bonds is 2. The number of nitrogens with zero attached hydrogens (tertiary/aromatic N) is 1. The van der Waals surface area contributed by atoms with Crippen molar-refractivity contribution in [2.75, 3.05) is 0 Å². The molecule has 3 nitrogen and oxygen atoms in total. The third-order valence-corrected chi connectivity index (χ3v) is 3.21. The Kier molecular flexibility index (Phi) is 2.15. The Balaban J connectivity index is 2.38. The van der Waals surface area contributed by atoms with E-state index in [0.29, 0.717) is 17.2 Å². The topological polar surface area (TPSA) is 50.2 Å². The van der Waals surface area contributed by atoms with Crippen molar-refractivity contribution in [3.63, 3.8) is 0 Å². The summed E-state index contributed by atoms with van der Waals surface area (Å²) in [5.41, 5.74) is 1.89. The Labute approximate surface area is 99.1 Å². The van der Waals surface area contributed by atoms with E-state index in [9.17, 15) is 9.90 Å². The normalized spacial score (nSPS) is 15.1. The second-order valence-electron chi connectivity index (χ2n) is 4.57. The monoisotopic (exact) mass is 227 g/mol. The summed E-state index contributed by atoms with van der Waals surface area (Å²) in [4.78, 5) is 16.2. The highest BCUT2D eigenvalue weighted by Gasteiger charge is 2.30. The SMILES string of the molecule is CC(=O)c1c(O)c(C2CC2)nc2ccccc12. The van der Waals surface area contributed by atoms with Gasteiger partial charge in [-0.05, 0) is 25.8 Å². The number of fused-ring (bicyclic) bond motifs is 1. The summed E-state index contributed by atoms with van der Waals surface area (Å²) in [6, 6.07) is 7.46. The number of para-hydroxylation sites is 1. The zero-order valence-electron chi connectivity index (χ0n) is 9.60. The number of aromatic nitrogens is 1. The van der Waals surface area contributed by atoms with Gasteiger partial charge in [0.05, 0.1) is 16.8 Å². The van der Waals surface area contributed by atoms with Gasteiger partial charge in [-0.25, -0.2) is 4.98 Å². The van der Waals surface area contributed by atoms with E-state index in [0.717, 1.165) is 23.7 Å². The van der Waals surface area contributed by atoms with E-state index in [4.69, 9.17) is 0 Å². The number of benzene rings is 1. The van der Waals surface area contributed by atoms with Gasteiger partial charge in [-0.15, -0.1) is 0 Å². The highest BCUT2D eigenvalue weighted by atomic mass is 16.3. The maximum absolute atomic E-state index is 11.7. The smallest absolute Gasteiger partial charge is 0.164 e. The minimum Gasteiger partial charge on any atom is -0.505 e. The Morgan fingerprint density at radius 2 is 2.06 bits per heavy atom. The summed E-state index contributed by atoms with van der Waals surface area (Å²) in [7, 11) is 0. The number of carbonyl (C=O) groups excluding carboxylic acids is 1. The van der Waals surface area contributed by atoms with Gasteiger partial charge in [0.2, 0.25) is 0 Å². The molecule has 3 heteroatoms. The number of Topliss-reactive ketones (excluding diaryl/α,β-unsaturated/α-hetero) is 1. The van der Waals surface area contributed by atoms with Gasteiger partial charge in [0.1, 0.15) is 5.75 Å². The number of aromatic hydroxyl groups is 1. The highest BCUT2D eigenvalue weighted by molar-refractivity contribution is 6.08. The molecule has 0 atom stereocenters. The molecule has 0 aliphatic heterocycles. The van der Waals surface area contributed by atoms with Crippen LogP contribution in [-0.4, -0.2) is 15.9 Å². The quantitative estimate of drug-likeness (QED) is 0.802. The van der Waals surface area contributed by atoms with Crippen LogP contribution < -0.4 is 0 Å². The highest BCUT2D eigenvalue weighted by Crippen LogP contribution is 2.45. The van der Waals surface area contributed by atoms with Crippen molar-refractivity contribution in [3.8, 4) is 5.75 Å². The summed E-state index contributed by atoms with van der Waals surface area (Å²) >= 11 is 0. The first kappa shape index (κ1) is 10.3. The van der Waals surface area contributed by atoms with Gasteiger partial charge in [0.15, 0.2) is 5.78 Å². The molecule has 0 amide bonds. The lowest BCUT2D eigenvalue weighted by molar-refractivity contribution is 0.101. The molecule has 1 heterocycles. The number of pyridine rings is 1. The molecule has 1 saturated carbocycles. The predicted octanol–water partition coefficient (Wildman–Crippen LogP) is 3.02. The lowest BCUT2D eigenvalue weighted by Crippen LogP contribution is -2.00. The van der Waals surface area contributed by atoms with Gasteiger partial charge < -0.3 is 5.11 Å². The maximum Gasteiger partial charge on any atom is 0.164 e. The first-order valence-corrected chi connectivity index (χ1v) is 5.81. The summed E-state index contributed by atoms with van der Waals surface area (Å²) in [6.07, 6.45) is 2.10. The molecule has 1 aromatic heterocycles. The molecule has 1 aromatic carbocycles. The molecule has 0 bridgehead atoms. The zero-order chi connectivity index (χ0) is 12.0. The molecule has 17 heavy (non-hydrogen) atoms. The summed E-state index contributed by atoms with van der Waals surface area (Å²) in [5.74, 6) is 0.305. The van der Waals surface area contributed by atoms with E-state index in [2.05, 4.69) is 4.98 Å². The Morgan fingerprint density at radius 3 is 2.71 bits per heavy atom. The van der Waals surface area contributed by atoms with Crippen LogP contribution in [-0.2, 0) is 0 Å². The van der Waals surface area contributed by atoms with Gasteiger partial charge in [0, 0.05) is 11.3 Å². The van der Waals surface area contributed by atoms with E-state index in [1.54, 1.807) is 0 Å². The largest absolute Gasteiger partial charge is 0.505 e. The van der Waals surface area contributed by atoms with Crippen molar-refractivity contribution < 1.29 is 9.90 Å². The van der Waals surface area contributed by atoms with E-state index in [1.807, 2.05) is 24.3 Å². The molecule has 0 spiro atoms. The van der Waals surface area contributed by atoms with E-state index >= 15 is 0 Å². The van der Waals surface area contributed by atoms with Crippen LogP contribution in [0.5, 0.6) is 5.75 Å². The average Bonchev–Trinajstić information content (AvgIpc) is 3.11. The predicted molar refractivity (Wildman–Crippen MR) is 65.4 cm³/mol. The number of hydrogen-bond acceptors (Lipinski definition) is 3. The molecule has 0 unspecified atom stereocenters. The molecule has 2 aromatic rings. The zero-order valence-corrected chi connectivity index (χ0v) is 9.60. The van der Waals surface area contributed by atoms with E-state index < -0.39 is 0 Å². The van der Waals surface area contributed by atoms with Gasteiger partial charge in [-0.3, -0.25) is 4.79 Å². The molecule has 0 saturated heterocycles. The van der Waals surface area contributed by atoms with Crippen molar-refractivity contribution in [2.24, 2.45) is 0 Å². The van der Waals surface area contributed by atoms with Crippen molar-refractivity contribution in [1.82, 2.24) is 4.98 Å². The Morgan fingerprint density at radius 1 is 1.35 bits per heavy atom. The molecule has 1 aliphatic carbocycles. The molecule has 1 aliphatic rings. The molecular weight excluding hydrogens is 214 g/mol. The first-order chi connectivity index (χ1) is 8.18. The van der Waals surface area contributed by atoms with Crippen molar-refractivity contribution >= 4 is 16.7 Å². The van der Waals surface area contributed by atoms with Crippen LogP contribution in [0, 0.1) is 0 Å². The third-order valence-electron chi connectivity index (χ3n) is 3.21. The number of hydrogen-bond donors (Lipinski definition) is 1. The van der Waals surface area contributed by atoms with Crippen molar-refractivity contribution in [1.29, 1.82) is 0 Å². The second kappa shape index (κ2) is 3.55. The Bertz CT molecular complexity index is 615. The molecule has 0 radical (unpaired) electrons. The van der Waals surface area contributed by atoms with Crippen molar-refractivity contribution in [2.45, 2.75) is 25.7 Å². The fraction of sp³-hybridized carbons (Fsp3) is 0.286. The minimum absolute atomic E-state index is 0.0821. The fourth-order valence-corrected chi connectivity index (χ4v) is 2.22. The van der Waals surface area contributed by atoms with E-state index in [-0.39, 0.29) is 11.5 Å².